The molecule has 2 nitrogen and oxygen atoms in total. The van der Waals surface area contributed by atoms with Gasteiger partial charge in [-0.3, -0.25) is 0 Å². The average Bonchev–Trinajstić information content (AvgIpc) is 3.14. The van der Waals surface area contributed by atoms with Gasteiger partial charge >= 0.3 is 0 Å². The van der Waals surface area contributed by atoms with Crippen molar-refractivity contribution < 1.29 is 0 Å². The van der Waals surface area contributed by atoms with Crippen LogP contribution in [0.2, 0.25) is 0 Å². The third-order valence-corrected chi connectivity index (χ3v) is 8.96. The summed E-state index contributed by atoms with van der Waals surface area (Å²) >= 11 is 3.27. The van der Waals surface area contributed by atoms with Crippen molar-refractivity contribution in [1.82, 2.24) is 0 Å². The number of fused-ring (bicyclic) bond motifs is 6. The van der Waals surface area contributed by atoms with Gasteiger partial charge in [-0.1, -0.05) is 157 Å². The van der Waals surface area contributed by atoms with Crippen LogP contribution >= 0.6 is 15.9 Å². The van der Waals surface area contributed by atoms with Gasteiger partial charge in [0.05, 0.1) is 0 Å². The zero-order chi connectivity index (χ0) is 35.7. The number of benzene rings is 6. The lowest BCUT2D eigenvalue weighted by molar-refractivity contribution is 0.632. The van der Waals surface area contributed by atoms with Crippen LogP contribution in [0.25, 0.3) is 32.3 Å². The first-order chi connectivity index (χ1) is 24.4. The first-order valence-corrected chi connectivity index (χ1v) is 20.1. The van der Waals surface area contributed by atoms with Crippen LogP contribution in [0.4, 0.5) is 22.7 Å². The van der Waals surface area contributed by atoms with Crippen LogP contribution in [0.15, 0.2) is 109 Å². The summed E-state index contributed by atoms with van der Waals surface area (Å²) < 4.78 is 0. The molecule has 6 aromatic carbocycles. The van der Waals surface area contributed by atoms with Crippen LogP contribution in [0.3, 0.4) is 0 Å². The van der Waals surface area contributed by atoms with Crippen LogP contribution in [0.5, 0.6) is 0 Å². The smallest absolute Gasteiger partial charge is 0.0390 e. The number of halogens is 1. The van der Waals surface area contributed by atoms with E-state index in [2.05, 4.69) is 163 Å². The molecule has 0 bridgehead atoms. The minimum atomic E-state index is 0.646. The Labute approximate surface area is 311 Å². The Kier molecular flexibility index (Phi) is 16.2. The molecule has 0 aliphatic rings. The predicted molar refractivity (Wildman–Crippen MR) is 230 cm³/mol. The molecule has 6 rings (SSSR count). The Bertz CT molecular complexity index is 1850. The summed E-state index contributed by atoms with van der Waals surface area (Å²) in [7, 11) is 0. The second-order valence-electron chi connectivity index (χ2n) is 13.3. The van der Waals surface area contributed by atoms with E-state index in [-0.39, 0.29) is 0 Å². The van der Waals surface area contributed by atoms with Crippen molar-refractivity contribution in [3.8, 4) is 0 Å². The number of rotatable bonds is 14. The highest BCUT2D eigenvalue weighted by Gasteiger charge is 2.11. The van der Waals surface area contributed by atoms with E-state index in [0.717, 1.165) is 29.2 Å². The van der Waals surface area contributed by atoms with Crippen LogP contribution in [0, 0.1) is 0 Å². The Balaban J connectivity index is 0.000000875. The summed E-state index contributed by atoms with van der Waals surface area (Å²) in [5, 5.41) is 15.0. The van der Waals surface area contributed by atoms with Gasteiger partial charge < -0.3 is 10.6 Å². The summed E-state index contributed by atoms with van der Waals surface area (Å²) in [4.78, 5) is 0.646. The fourth-order valence-electron chi connectivity index (χ4n) is 6.47. The van der Waals surface area contributed by atoms with E-state index in [9.17, 15) is 0 Å². The standard InChI is InChI=1S/C42H46N2.C3H7Br.C2H6/c1-3-5-7-8-10-14-32-19-23-34(24-20-32)44-36-26-28-40-39-27-25-35(43-33-21-17-31(18-22-33)13-9-6-4-2)29-41(39)37-15-11-12-16-38(37)42(40)30-36;1-3(2)4;1-2/h11-12,15-30,43-44H,3-10,13-14H2,1-2H3;3H,1-2H3;1-2H3. The molecule has 0 aliphatic heterocycles. The first-order valence-electron chi connectivity index (χ1n) is 19.2. The summed E-state index contributed by atoms with van der Waals surface area (Å²) in [6, 6.07) is 40.4. The van der Waals surface area contributed by atoms with E-state index < -0.39 is 0 Å². The average molecular weight is 732 g/mol. The summed E-state index contributed by atoms with van der Waals surface area (Å²) in [6.45, 7) is 12.7. The highest BCUT2D eigenvalue weighted by molar-refractivity contribution is 9.09. The number of nitrogens with one attached hydrogen (secondary N) is 2. The second-order valence-corrected chi connectivity index (χ2v) is 15.2. The Morgan fingerprint density at radius 2 is 0.780 bits per heavy atom. The molecule has 0 aromatic heterocycles. The monoisotopic (exact) mass is 730 g/mol. The zero-order valence-electron chi connectivity index (χ0n) is 31.4. The van der Waals surface area contributed by atoms with E-state index in [1.54, 1.807) is 0 Å². The molecule has 264 valence electrons. The molecule has 0 atom stereocenters. The van der Waals surface area contributed by atoms with Gasteiger partial charge in [0, 0.05) is 27.6 Å². The van der Waals surface area contributed by atoms with Gasteiger partial charge in [0.25, 0.3) is 0 Å². The number of aryl methyl sites for hydroxylation is 2. The number of unbranched alkanes of at least 4 members (excludes halogenated alkanes) is 6. The van der Waals surface area contributed by atoms with E-state index in [1.807, 2.05) is 13.8 Å². The van der Waals surface area contributed by atoms with Crippen molar-refractivity contribution >= 4 is 71.0 Å². The largest absolute Gasteiger partial charge is 0.356 e. The van der Waals surface area contributed by atoms with Crippen molar-refractivity contribution in [2.75, 3.05) is 10.6 Å². The lowest BCUT2D eigenvalue weighted by Crippen LogP contribution is -1.93. The summed E-state index contributed by atoms with van der Waals surface area (Å²) in [6.07, 6.45) is 12.8. The molecular formula is C47H59BrN2. The molecule has 50 heavy (non-hydrogen) atoms. The topological polar surface area (TPSA) is 24.1 Å². The van der Waals surface area contributed by atoms with E-state index in [4.69, 9.17) is 0 Å². The van der Waals surface area contributed by atoms with Crippen molar-refractivity contribution in [1.29, 1.82) is 0 Å². The Morgan fingerprint density at radius 3 is 1.20 bits per heavy atom. The highest BCUT2D eigenvalue weighted by atomic mass is 79.9. The molecule has 2 N–H and O–H groups in total. The Hall–Kier alpha value is -3.82. The normalized spacial score (nSPS) is 10.9. The van der Waals surface area contributed by atoms with Crippen LogP contribution in [-0.4, -0.2) is 4.83 Å². The maximum atomic E-state index is 3.66. The maximum Gasteiger partial charge on any atom is 0.0390 e. The first kappa shape index (κ1) is 39.0. The third-order valence-electron chi connectivity index (χ3n) is 8.96. The molecular weight excluding hydrogens is 672 g/mol. The van der Waals surface area contributed by atoms with E-state index in [0.29, 0.717) is 4.83 Å². The molecule has 3 heteroatoms. The van der Waals surface area contributed by atoms with Gasteiger partial charge in [-0.05, 0) is 118 Å². The van der Waals surface area contributed by atoms with Gasteiger partial charge in [-0.15, -0.1) is 0 Å². The maximum absolute atomic E-state index is 3.66. The Morgan fingerprint density at radius 1 is 0.440 bits per heavy atom. The molecule has 0 unspecified atom stereocenters. The lowest BCUT2D eigenvalue weighted by Gasteiger charge is -2.15. The molecule has 0 fully saturated rings. The van der Waals surface area contributed by atoms with Crippen molar-refractivity contribution in [3.63, 3.8) is 0 Å². The molecule has 0 spiro atoms. The third kappa shape index (κ3) is 11.4. The minimum absolute atomic E-state index is 0.646. The summed E-state index contributed by atoms with van der Waals surface area (Å²) in [5.74, 6) is 0. The predicted octanol–water partition coefficient (Wildman–Crippen LogP) is 15.7. The highest BCUT2D eigenvalue weighted by Crippen LogP contribution is 2.38. The molecule has 0 saturated heterocycles. The summed E-state index contributed by atoms with van der Waals surface area (Å²) in [5.41, 5.74) is 7.34. The van der Waals surface area contributed by atoms with Crippen LogP contribution in [0.1, 0.15) is 104 Å². The number of anilines is 4. The molecule has 0 amide bonds. The SMILES string of the molecule is CC.CC(C)Br.CCCCCCCc1ccc(Nc2ccc3c4ccc(Nc5ccc(CCCCC)cc5)cc4c4ccccc4c3c2)cc1. The minimum Gasteiger partial charge on any atom is -0.356 e. The molecule has 6 aromatic rings. The van der Waals surface area contributed by atoms with Crippen molar-refractivity contribution in [3.05, 3.63) is 120 Å². The molecule has 0 radical (unpaired) electrons. The number of alkyl halides is 1. The zero-order valence-corrected chi connectivity index (χ0v) is 33.0. The second kappa shape index (κ2) is 20.8. The van der Waals surface area contributed by atoms with Gasteiger partial charge in [0.15, 0.2) is 0 Å². The van der Waals surface area contributed by atoms with E-state index >= 15 is 0 Å². The number of hydrogen-bond donors (Lipinski definition) is 2. The fraction of sp³-hybridized carbons (Fsp3) is 0.362. The lowest BCUT2D eigenvalue weighted by atomic mass is 9.93. The van der Waals surface area contributed by atoms with Gasteiger partial charge in [-0.2, -0.15) is 0 Å². The van der Waals surface area contributed by atoms with E-state index in [1.165, 1.54) is 101 Å². The fourth-order valence-corrected chi connectivity index (χ4v) is 6.47. The van der Waals surface area contributed by atoms with Crippen LogP contribution in [-0.2, 0) is 12.8 Å². The molecule has 0 aliphatic carbocycles. The van der Waals surface area contributed by atoms with Crippen molar-refractivity contribution in [2.45, 2.75) is 111 Å². The van der Waals surface area contributed by atoms with Gasteiger partial charge in [-0.25, -0.2) is 0 Å². The van der Waals surface area contributed by atoms with Gasteiger partial charge in [0.1, 0.15) is 0 Å². The number of hydrogen-bond acceptors (Lipinski definition) is 2. The molecule has 0 saturated carbocycles. The van der Waals surface area contributed by atoms with Gasteiger partial charge in [0.2, 0.25) is 0 Å². The van der Waals surface area contributed by atoms with Crippen molar-refractivity contribution in [2.24, 2.45) is 0 Å². The quantitative estimate of drug-likeness (QED) is 0.0662. The van der Waals surface area contributed by atoms with Crippen LogP contribution < -0.4 is 10.6 Å². The molecule has 0 heterocycles.